The van der Waals surface area contributed by atoms with Crippen molar-refractivity contribution in [3.63, 3.8) is 0 Å². The van der Waals surface area contributed by atoms with Gasteiger partial charge in [0.05, 0.1) is 12.0 Å². The first-order chi connectivity index (χ1) is 11.9. The normalized spacial score (nSPS) is 26.3. The van der Waals surface area contributed by atoms with Gasteiger partial charge in [-0.15, -0.1) is 11.8 Å². The molecule has 3 atom stereocenters. The van der Waals surface area contributed by atoms with Crippen molar-refractivity contribution < 1.29 is 23.9 Å². The standard InChI is InChI=1S/C18H21NO5S/c1-11(16(21)12-4-6-13(23-3)7-5-12)24-17(22)14-10-25-18(2)9-8-15(20)19(14)18/h4-7,11,14H,8-10H2,1-3H3/t11-,14-,18+/m1/s1. The van der Waals surface area contributed by atoms with Crippen LogP contribution in [0.4, 0.5) is 0 Å². The molecule has 6 nitrogen and oxygen atoms in total. The third-order valence-electron chi connectivity index (χ3n) is 4.75. The molecule has 2 aliphatic heterocycles. The molecule has 0 bridgehead atoms. The van der Waals surface area contributed by atoms with Crippen LogP contribution in [0.3, 0.4) is 0 Å². The van der Waals surface area contributed by atoms with E-state index >= 15 is 0 Å². The molecule has 7 heteroatoms. The fourth-order valence-electron chi connectivity index (χ4n) is 3.29. The maximum atomic E-state index is 12.5. The van der Waals surface area contributed by atoms with Crippen LogP contribution in [0.2, 0.25) is 0 Å². The third-order valence-corrected chi connectivity index (χ3v) is 6.26. The predicted octanol–water partition coefficient (Wildman–Crippen LogP) is 2.26. The first kappa shape index (κ1) is 17.8. The maximum Gasteiger partial charge on any atom is 0.330 e. The molecule has 3 rings (SSSR count). The van der Waals surface area contributed by atoms with Gasteiger partial charge < -0.3 is 14.4 Å². The molecule has 0 N–H and O–H groups in total. The number of Topliss-reactive ketones (excluding diaryl/α,β-unsaturated/α-hetero) is 1. The van der Waals surface area contributed by atoms with Crippen LogP contribution in [0.15, 0.2) is 24.3 Å². The number of hydrogen-bond acceptors (Lipinski definition) is 6. The van der Waals surface area contributed by atoms with Crippen molar-refractivity contribution in [2.75, 3.05) is 12.9 Å². The van der Waals surface area contributed by atoms with E-state index in [0.29, 0.717) is 23.5 Å². The number of thioether (sulfide) groups is 1. The summed E-state index contributed by atoms with van der Waals surface area (Å²) in [5.74, 6) is 0.336. The summed E-state index contributed by atoms with van der Waals surface area (Å²) < 4.78 is 10.4. The summed E-state index contributed by atoms with van der Waals surface area (Å²) in [6, 6.07) is 6.03. The van der Waals surface area contributed by atoms with Crippen molar-refractivity contribution in [3.8, 4) is 5.75 Å². The highest BCUT2D eigenvalue weighted by Gasteiger charge is 2.53. The van der Waals surface area contributed by atoms with Crippen LogP contribution in [0.25, 0.3) is 0 Å². The van der Waals surface area contributed by atoms with E-state index in [2.05, 4.69) is 0 Å². The van der Waals surface area contributed by atoms with Crippen molar-refractivity contribution in [1.29, 1.82) is 0 Å². The first-order valence-corrected chi connectivity index (χ1v) is 9.19. The molecule has 0 unspecified atom stereocenters. The Bertz CT molecular complexity index is 704. The highest BCUT2D eigenvalue weighted by atomic mass is 32.2. The monoisotopic (exact) mass is 363 g/mol. The molecular formula is C18H21NO5S. The topological polar surface area (TPSA) is 72.9 Å². The molecular weight excluding hydrogens is 342 g/mol. The van der Waals surface area contributed by atoms with Gasteiger partial charge in [0.2, 0.25) is 11.7 Å². The molecule has 2 heterocycles. The molecule has 25 heavy (non-hydrogen) atoms. The van der Waals surface area contributed by atoms with Crippen LogP contribution < -0.4 is 4.74 Å². The van der Waals surface area contributed by atoms with Crippen LogP contribution in [0, 0.1) is 0 Å². The lowest BCUT2D eigenvalue weighted by Gasteiger charge is -2.29. The van der Waals surface area contributed by atoms with Crippen LogP contribution >= 0.6 is 11.8 Å². The lowest BCUT2D eigenvalue weighted by Crippen LogP contribution is -2.47. The lowest BCUT2D eigenvalue weighted by molar-refractivity contribution is -0.155. The van der Waals surface area contributed by atoms with E-state index in [1.807, 2.05) is 6.92 Å². The van der Waals surface area contributed by atoms with E-state index in [9.17, 15) is 14.4 Å². The van der Waals surface area contributed by atoms with Gasteiger partial charge >= 0.3 is 5.97 Å². The summed E-state index contributed by atoms with van der Waals surface area (Å²) in [5.41, 5.74) is 0.448. The van der Waals surface area contributed by atoms with Gasteiger partial charge in [0.25, 0.3) is 0 Å². The van der Waals surface area contributed by atoms with E-state index < -0.39 is 18.1 Å². The average Bonchev–Trinajstić information content (AvgIpc) is 3.10. The number of amides is 1. The summed E-state index contributed by atoms with van der Waals surface area (Å²) >= 11 is 1.60. The minimum absolute atomic E-state index is 0.0245. The highest BCUT2D eigenvalue weighted by Crippen LogP contribution is 2.47. The molecule has 0 aromatic heterocycles. The van der Waals surface area contributed by atoms with E-state index in [-0.39, 0.29) is 16.6 Å². The second-order valence-corrected chi connectivity index (χ2v) is 7.94. The Labute approximate surface area is 150 Å². The number of methoxy groups -OCH3 is 1. The Morgan fingerprint density at radius 2 is 2.00 bits per heavy atom. The number of rotatable bonds is 5. The van der Waals surface area contributed by atoms with Crippen molar-refractivity contribution in [3.05, 3.63) is 29.8 Å². The maximum absolute atomic E-state index is 12.5. The van der Waals surface area contributed by atoms with Crippen LogP contribution in [0.1, 0.15) is 37.0 Å². The van der Waals surface area contributed by atoms with E-state index in [4.69, 9.17) is 9.47 Å². The fourth-order valence-corrected chi connectivity index (χ4v) is 4.71. The molecule has 1 aromatic rings. The molecule has 0 saturated carbocycles. The lowest BCUT2D eigenvalue weighted by atomic mass is 10.1. The second-order valence-electron chi connectivity index (χ2n) is 6.44. The average molecular weight is 363 g/mol. The second kappa shape index (κ2) is 6.71. The quantitative estimate of drug-likeness (QED) is 0.590. The number of benzene rings is 1. The molecule has 2 fully saturated rings. The first-order valence-electron chi connectivity index (χ1n) is 8.20. The van der Waals surface area contributed by atoms with Gasteiger partial charge in [-0.05, 0) is 44.5 Å². The number of esters is 1. The smallest absolute Gasteiger partial charge is 0.330 e. The van der Waals surface area contributed by atoms with Crippen molar-refractivity contribution in [2.45, 2.75) is 43.7 Å². The Kier molecular flexibility index (Phi) is 4.77. The summed E-state index contributed by atoms with van der Waals surface area (Å²) in [7, 11) is 1.55. The van der Waals surface area contributed by atoms with Crippen LogP contribution in [-0.4, -0.2) is 52.4 Å². The van der Waals surface area contributed by atoms with Crippen LogP contribution in [-0.2, 0) is 14.3 Å². The zero-order chi connectivity index (χ0) is 18.2. The van der Waals surface area contributed by atoms with Crippen molar-refractivity contribution in [1.82, 2.24) is 4.90 Å². The molecule has 0 aliphatic carbocycles. The highest BCUT2D eigenvalue weighted by molar-refractivity contribution is 8.01. The number of carbonyl (C=O) groups excluding carboxylic acids is 3. The van der Waals surface area contributed by atoms with Gasteiger partial charge in [-0.25, -0.2) is 4.79 Å². The van der Waals surface area contributed by atoms with Gasteiger partial charge in [0.1, 0.15) is 11.8 Å². The molecule has 2 aliphatic rings. The summed E-state index contributed by atoms with van der Waals surface area (Å²) in [6.45, 7) is 3.53. The molecule has 134 valence electrons. The van der Waals surface area contributed by atoms with E-state index in [0.717, 1.165) is 6.42 Å². The Morgan fingerprint density at radius 1 is 1.32 bits per heavy atom. The summed E-state index contributed by atoms with van der Waals surface area (Å²) in [6.07, 6.45) is 0.282. The summed E-state index contributed by atoms with van der Waals surface area (Å²) in [4.78, 5) is 38.4. The van der Waals surface area contributed by atoms with E-state index in [1.54, 1.807) is 55.0 Å². The SMILES string of the molecule is COc1ccc(C(=O)[C@@H](C)OC(=O)[C@H]2CS[C@@]3(C)CCC(=O)N23)cc1. The summed E-state index contributed by atoms with van der Waals surface area (Å²) in [5, 5.41) is 0. The molecule has 0 radical (unpaired) electrons. The number of nitrogens with zero attached hydrogens (tertiary/aromatic N) is 1. The molecule has 2 saturated heterocycles. The molecule has 1 amide bonds. The van der Waals surface area contributed by atoms with Crippen LogP contribution in [0.5, 0.6) is 5.75 Å². The molecule has 0 spiro atoms. The number of fused-ring (bicyclic) bond motifs is 1. The Morgan fingerprint density at radius 3 is 2.64 bits per heavy atom. The number of ketones is 1. The fraction of sp³-hybridized carbons (Fsp3) is 0.500. The number of ether oxygens (including phenoxy) is 2. The van der Waals surface area contributed by atoms with Gasteiger partial charge in [0.15, 0.2) is 6.10 Å². The van der Waals surface area contributed by atoms with Gasteiger partial charge in [-0.3, -0.25) is 9.59 Å². The predicted molar refractivity (Wildman–Crippen MR) is 93.6 cm³/mol. The number of carbonyl (C=O) groups is 3. The van der Waals surface area contributed by atoms with Gasteiger partial charge in [-0.1, -0.05) is 0 Å². The molecule has 1 aromatic carbocycles. The van der Waals surface area contributed by atoms with Gasteiger partial charge in [0, 0.05) is 17.7 Å². The van der Waals surface area contributed by atoms with E-state index in [1.165, 1.54) is 0 Å². The van der Waals surface area contributed by atoms with Gasteiger partial charge in [-0.2, -0.15) is 0 Å². The van der Waals surface area contributed by atoms with Crippen molar-refractivity contribution in [2.24, 2.45) is 0 Å². The Balaban J connectivity index is 1.66. The number of hydrogen-bond donors (Lipinski definition) is 0. The zero-order valence-corrected chi connectivity index (χ0v) is 15.3. The van der Waals surface area contributed by atoms with Crippen molar-refractivity contribution >= 4 is 29.4 Å². The Hall–Kier alpha value is -2.02. The third kappa shape index (κ3) is 3.25. The largest absolute Gasteiger partial charge is 0.497 e. The zero-order valence-electron chi connectivity index (χ0n) is 14.5. The minimum atomic E-state index is -0.907. The minimum Gasteiger partial charge on any atom is -0.497 e.